The molecule has 11 nitrogen and oxygen atoms in total. The predicted molar refractivity (Wildman–Crippen MR) is 176 cm³/mol. The van der Waals surface area contributed by atoms with Gasteiger partial charge in [-0.25, -0.2) is 9.97 Å². The Kier molecular flexibility index (Phi) is 9.39. The molecule has 4 heterocycles. The largest absolute Gasteiger partial charge is 0.480 e. The van der Waals surface area contributed by atoms with E-state index < -0.39 is 5.60 Å². The highest BCUT2D eigenvalue weighted by Crippen LogP contribution is 2.42. The van der Waals surface area contributed by atoms with Crippen molar-refractivity contribution in [3.63, 3.8) is 0 Å². The Morgan fingerprint density at radius 1 is 0.935 bits per heavy atom. The second-order valence-electron chi connectivity index (χ2n) is 11.8. The molecule has 1 amide bonds. The molecule has 0 saturated carbocycles. The van der Waals surface area contributed by atoms with Crippen molar-refractivity contribution in [3.05, 3.63) is 70.2 Å². The molecular weight excluding hydrogens is 629 g/mol. The van der Waals surface area contributed by atoms with Gasteiger partial charge in [0.15, 0.2) is 0 Å². The van der Waals surface area contributed by atoms with Crippen LogP contribution in [0.3, 0.4) is 0 Å². The molecule has 4 aromatic rings. The van der Waals surface area contributed by atoms with Crippen LogP contribution in [-0.4, -0.2) is 81.3 Å². The van der Waals surface area contributed by atoms with Gasteiger partial charge in [-0.2, -0.15) is 0 Å². The molecule has 46 heavy (non-hydrogen) atoms. The van der Waals surface area contributed by atoms with E-state index in [0.717, 1.165) is 17.5 Å². The molecule has 3 N–H and O–H groups in total. The maximum Gasteiger partial charge on any atom is 0.237 e. The number of aliphatic hydroxyl groups is 1. The highest BCUT2D eigenvalue weighted by molar-refractivity contribution is 6.39. The van der Waals surface area contributed by atoms with Gasteiger partial charge in [-0.1, -0.05) is 59.6 Å². The summed E-state index contributed by atoms with van der Waals surface area (Å²) in [5.41, 5.74) is 4.57. The van der Waals surface area contributed by atoms with E-state index in [-0.39, 0.29) is 11.9 Å². The minimum Gasteiger partial charge on any atom is -0.480 e. The van der Waals surface area contributed by atoms with Crippen LogP contribution in [0.15, 0.2) is 48.8 Å². The van der Waals surface area contributed by atoms with Crippen LogP contribution in [0.1, 0.15) is 31.2 Å². The molecule has 2 aromatic heterocycles. The lowest BCUT2D eigenvalue weighted by atomic mass is 9.97. The van der Waals surface area contributed by atoms with Crippen LogP contribution >= 0.6 is 23.2 Å². The van der Waals surface area contributed by atoms with Gasteiger partial charge in [0.25, 0.3) is 0 Å². The van der Waals surface area contributed by atoms with Crippen LogP contribution in [0.5, 0.6) is 11.8 Å². The number of halogens is 2. The fourth-order valence-electron chi connectivity index (χ4n) is 5.92. The first kappa shape index (κ1) is 32.1. The van der Waals surface area contributed by atoms with Crippen LogP contribution in [0.4, 0.5) is 0 Å². The van der Waals surface area contributed by atoms with Crippen LogP contribution in [0, 0.1) is 0 Å². The van der Waals surface area contributed by atoms with E-state index in [1.54, 1.807) is 26.6 Å². The second-order valence-corrected chi connectivity index (χ2v) is 12.6. The van der Waals surface area contributed by atoms with Crippen molar-refractivity contribution in [1.29, 1.82) is 0 Å². The van der Waals surface area contributed by atoms with Crippen molar-refractivity contribution < 1.29 is 19.4 Å². The predicted octanol–water partition coefficient (Wildman–Crippen LogP) is 4.53. The number of carbonyl (C=O) groups excluding carboxylic acids is 1. The van der Waals surface area contributed by atoms with Gasteiger partial charge in [-0.3, -0.25) is 19.7 Å². The Balaban J connectivity index is 1.24. The van der Waals surface area contributed by atoms with Crippen molar-refractivity contribution in [2.24, 2.45) is 0 Å². The fourth-order valence-corrected chi connectivity index (χ4v) is 6.57. The number of β-amino-alcohol motifs (C(OH)–C–C–N with tert-alkyl or cyclic N) is 1. The fraction of sp³-hybridized carbons (Fsp3) is 0.364. The molecule has 1 atom stereocenters. The summed E-state index contributed by atoms with van der Waals surface area (Å²) < 4.78 is 11.1. The summed E-state index contributed by atoms with van der Waals surface area (Å²) >= 11 is 14.0. The number of nitrogens with zero attached hydrogens (tertiary/aromatic N) is 5. The number of hydrogen-bond donors (Lipinski definition) is 3. The van der Waals surface area contributed by atoms with E-state index in [0.29, 0.717) is 94.9 Å². The quantitative estimate of drug-likeness (QED) is 0.210. The monoisotopic (exact) mass is 663 g/mol. The zero-order chi connectivity index (χ0) is 32.4. The van der Waals surface area contributed by atoms with E-state index in [9.17, 15) is 9.90 Å². The van der Waals surface area contributed by atoms with Gasteiger partial charge in [-0.15, -0.1) is 0 Å². The third kappa shape index (κ3) is 6.79. The number of nitrogens with one attached hydrogen (secondary N) is 2. The van der Waals surface area contributed by atoms with Crippen molar-refractivity contribution in [2.45, 2.75) is 44.5 Å². The first-order valence-electron chi connectivity index (χ1n) is 15.0. The summed E-state index contributed by atoms with van der Waals surface area (Å²) in [5.74, 6) is 0.873. The molecule has 0 spiro atoms. The van der Waals surface area contributed by atoms with E-state index in [4.69, 9.17) is 42.6 Å². The molecule has 6 rings (SSSR count). The number of ether oxygens (including phenoxy) is 2. The third-order valence-corrected chi connectivity index (χ3v) is 8.93. The summed E-state index contributed by atoms with van der Waals surface area (Å²) in [7, 11) is 3.11. The maximum absolute atomic E-state index is 11.5. The number of hydrogen-bond acceptors (Lipinski definition) is 10. The van der Waals surface area contributed by atoms with E-state index in [1.165, 1.54) is 0 Å². The SMILES string of the molecule is COc1nc(-c2cccc(-c3cccc(-c4cnc(CN5CC(C)(O)C5)c(OC)n4)c3Cl)c2Cl)cnc1CNC[C@@H]1CCC(=O)N1. The highest BCUT2D eigenvalue weighted by atomic mass is 35.5. The van der Waals surface area contributed by atoms with Crippen molar-refractivity contribution >= 4 is 29.1 Å². The topological polar surface area (TPSA) is 135 Å². The van der Waals surface area contributed by atoms with E-state index >= 15 is 0 Å². The number of likely N-dealkylation sites (tertiary alicyclic amines) is 1. The molecule has 0 unspecified atom stereocenters. The Bertz CT molecular complexity index is 1760. The molecule has 0 bridgehead atoms. The van der Waals surface area contributed by atoms with Gasteiger partial charge in [0, 0.05) is 67.4 Å². The molecule has 2 aromatic carbocycles. The Hall–Kier alpha value is -3.87. The first-order chi connectivity index (χ1) is 22.2. The van der Waals surface area contributed by atoms with Gasteiger partial charge in [0.2, 0.25) is 17.7 Å². The summed E-state index contributed by atoms with van der Waals surface area (Å²) in [4.78, 5) is 32.2. The Labute approximate surface area is 277 Å². The summed E-state index contributed by atoms with van der Waals surface area (Å²) in [5, 5.41) is 17.3. The summed E-state index contributed by atoms with van der Waals surface area (Å²) in [6.45, 7) is 4.54. The number of amides is 1. The summed E-state index contributed by atoms with van der Waals surface area (Å²) in [6.07, 6.45) is 4.72. The van der Waals surface area contributed by atoms with E-state index in [2.05, 4.69) is 25.5 Å². The van der Waals surface area contributed by atoms with Crippen LogP contribution in [0.25, 0.3) is 33.6 Å². The average Bonchev–Trinajstić information content (AvgIpc) is 3.45. The molecule has 2 saturated heterocycles. The van der Waals surface area contributed by atoms with Gasteiger partial charge in [-0.05, 0) is 13.3 Å². The molecule has 2 fully saturated rings. The molecule has 0 radical (unpaired) electrons. The van der Waals surface area contributed by atoms with Crippen molar-refractivity contribution in [2.75, 3.05) is 33.9 Å². The molecular formula is C33H35Cl2N7O4. The van der Waals surface area contributed by atoms with Gasteiger partial charge >= 0.3 is 0 Å². The molecule has 2 aliphatic heterocycles. The maximum atomic E-state index is 11.5. The minimum atomic E-state index is -0.677. The van der Waals surface area contributed by atoms with Crippen LogP contribution in [0.2, 0.25) is 10.0 Å². The van der Waals surface area contributed by atoms with Gasteiger partial charge in [0.05, 0.1) is 53.6 Å². The number of benzene rings is 2. The zero-order valence-corrected chi connectivity index (χ0v) is 27.3. The number of carbonyl (C=O) groups is 1. The molecule has 240 valence electrons. The standard InChI is InChI=1S/C33H35Cl2N7O4/c1-33(44)17-42(18-33)16-27-32(46-3)41-25(15-38-27)23-9-5-7-21(30(23)35)20-6-4-8-22(29(20)34)24-14-37-26(31(40-24)45-2)13-36-12-19-10-11-28(43)39-19/h4-9,14-15,19,36,44H,10-13,16-18H2,1-3H3,(H,39,43)/t19-/m0/s1. The Morgan fingerprint density at radius 3 is 2.00 bits per heavy atom. The smallest absolute Gasteiger partial charge is 0.237 e. The van der Waals surface area contributed by atoms with Crippen molar-refractivity contribution in [1.82, 2.24) is 35.5 Å². The minimum absolute atomic E-state index is 0.0820. The lowest BCUT2D eigenvalue weighted by Crippen LogP contribution is -2.59. The second kappa shape index (κ2) is 13.5. The van der Waals surface area contributed by atoms with Crippen molar-refractivity contribution in [3.8, 4) is 45.4 Å². The molecule has 0 aliphatic carbocycles. The van der Waals surface area contributed by atoms with Crippen LogP contribution in [-0.2, 0) is 17.9 Å². The lowest BCUT2D eigenvalue weighted by Gasteiger charge is -2.44. The molecule has 13 heteroatoms. The van der Waals surface area contributed by atoms with Crippen LogP contribution < -0.4 is 20.1 Å². The number of rotatable bonds is 11. The molecule has 2 aliphatic rings. The normalized spacial score (nSPS) is 17.4. The lowest BCUT2D eigenvalue weighted by molar-refractivity contribution is -0.119. The number of methoxy groups -OCH3 is 2. The number of aromatic nitrogens is 4. The third-order valence-electron chi connectivity index (χ3n) is 8.12. The first-order valence-corrected chi connectivity index (χ1v) is 15.7. The van der Waals surface area contributed by atoms with Gasteiger partial charge in [0.1, 0.15) is 11.4 Å². The van der Waals surface area contributed by atoms with E-state index in [1.807, 2.05) is 43.3 Å². The Morgan fingerprint density at radius 2 is 1.48 bits per heavy atom. The zero-order valence-electron chi connectivity index (χ0n) is 25.8. The van der Waals surface area contributed by atoms with Gasteiger partial charge < -0.3 is 25.2 Å². The average molecular weight is 665 g/mol. The highest BCUT2D eigenvalue weighted by Gasteiger charge is 2.37. The summed E-state index contributed by atoms with van der Waals surface area (Å²) in [6, 6.07) is 11.5.